The molecule has 0 bridgehead atoms. The standard InChI is InChI=1S/C15H15N5O2/c1-9-4-5-13(21-3)12(6-9)19-14-11(7-16-8-17-14)15-18-10(2)20-22-15/h4-8H,1-3H3,(H,16,17,19). The maximum Gasteiger partial charge on any atom is 0.263 e. The van der Waals surface area contributed by atoms with Crippen LogP contribution >= 0.6 is 0 Å². The number of aromatic nitrogens is 4. The number of methoxy groups -OCH3 is 1. The zero-order valence-electron chi connectivity index (χ0n) is 12.5. The second-order valence-electron chi connectivity index (χ2n) is 4.76. The van der Waals surface area contributed by atoms with Crippen LogP contribution in [0.5, 0.6) is 5.75 Å². The molecular formula is C15H15N5O2. The highest BCUT2D eigenvalue weighted by atomic mass is 16.5. The Kier molecular flexibility index (Phi) is 3.69. The lowest BCUT2D eigenvalue weighted by Gasteiger charge is -2.12. The highest BCUT2D eigenvalue weighted by molar-refractivity contribution is 5.75. The number of hydrogen-bond donors (Lipinski definition) is 1. The summed E-state index contributed by atoms with van der Waals surface area (Å²) in [6.45, 7) is 3.76. The van der Waals surface area contributed by atoms with Crippen LogP contribution in [0.25, 0.3) is 11.5 Å². The molecule has 0 atom stereocenters. The van der Waals surface area contributed by atoms with Gasteiger partial charge in [-0.25, -0.2) is 9.97 Å². The van der Waals surface area contributed by atoms with Crippen molar-refractivity contribution in [2.75, 3.05) is 12.4 Å². The number of benzene rings is 1. The van der Waals surface area contributed by atoms with Gasteiger partial charge in [0.15, 0.2) is 5.82 Å². The van der Waals surface area contributed by atoms with E-state index in [1.54, 1.807) is 20.2 Å². The average molecular weight is 297 g/mol. The van der Waals surface area contributed by atoms with E-state index in [0.717, 1.165) is 17.0 Å². The third-order valence-corrected chi connectivity index (χ3v) is 3.08. The minimum Gasteiger partial charge on any atom is -0.495 e. The van der Waals surface area contributed by atoms with Crippen LogP contribution in [0, 0.1) is 13.8 Å². The van der Waals surface area contributed by atoms with Gasteiger partial charge >= 0.3 is 0 Å². The summed E-state index contributed by atoms with van der Waals surface area (Å²) >= 11 is 0. The quantitative estimate of drug-likeness (QED) is 0.792. The number of hydrogen-bond acceptors (Lipinski definition) is 7. The molecule has 2 heterocycles. The van der Waals surface area contributed by atoms with Crippen LogP contribution in [0.1, 0.15) is 11.4 Å². The lowest BCUT2D eigenvalue weighted by molar-refractivity contribution is 0.416. The van der Waals surface area contributed by atoms with Gasteiger partial charge in [-0.1, -0.05) is 11.2 Å². The van der Waals surface area contributed by atoms with Crippen molar-refractivity contribution in [3.05, 3.63) is 42.1 Å². The second-order valence-corrected chi connectivity index (χ2v) is 4.76. The van der Waals surface area contributed by atoms with Crippen molar-refractivity contribution in [3.63, 3.8) is 0 Å². The van der Waals surface area contributed by atoms with Crippen LogP contribution in [-0.4, -0.2) is 27.2 Å². The number of rotatable bonds is 4. The van der Waals surface area contributed by atoms with E-state index in [4.69, 9.17) is 9.26 Å². The fourth-order valence-corrected chi connectivity index (χ4v) is 2.04. The highest BCUT2D eigenvalue weighted by Crippen LogP contribution is 2.31. The molecule has 3 aromatic rings. The maximum atomic E-state index is 5.36. The molecule has 3 rings (SSSR count). The van der Waals surface area contributed by atoms with E-state index in [0.29, 0.717) is 23.1 Å². The molecule has 0 aliphatic carbocycles. The maximum absolute atomic E-state index is 5.36. The molecule has 7 nitrogen and oxygen atoms in total. The molecule has 0 unspecified atom stereocenters. The predicted molar refractivity (Wildman–Crippen MR) is 81.1 cm³/mol. The molecule has 2 aromatic heterocycles. The van der Waals surface area contributed by atoms with Gasteiger partial charge < -0.3 is 14.6 Å². The monoisotopic (exact) mass is 297 g/mol. The molecule has 0 saturated carbocycles. The molecule has 7 heteroatoms. The number of anilines is 2. The largest absolute Gasteiger partial charge is 0.495 e. The zero-order valence-corrected chi connectivity index (χ0v) is 12.5. The third-order valence-electron chi connectivity index (χ3n) is 3.08. The van der Waals surface area contributed by atoms with E-state index >= 15 is 0 Å². The summed E-state index contributed by atoms with van der Waals surface area (Å²) in [4.78, 5) is 12.5. The van der Waals surface area contributed by atoms with Gasteiger partial charge in [0.05, 0.1) is 12.8 Å². The van der Waals surface area contributed by atoms with Crippen molar-refractivity contribution in [2.45, 2.75) is 13.8 Å². The fraction of sp³-hybridized carbons (Fsp3) is 0.200. The van der Waals surface area contributed by atoms with E-state index in [-0.39, 0.29) is 0 Å². The summed E-state index contributed by atoms with van der Waals surface area (Å²) in [6.07, 6.45) is 3.09. The summed E-state index contributed by atoms with van der Waals surface area (Å²) in [5.41, 5.74) is 2.54. The van der Waals surface area contributed by atoms with Crippen molar-refractivity contribution in [2.24, 2.45) is 0 Å². The molecule has 0 spiro atoms. The number of aryl methyl sites for hydroxylation is 2. The molecule has 0 radical (unpaired) electrons. The second kappa shape index (κ2) is 5.80. The Hall–Kier alpha value is -2.96. The van der Waals surface area contributed by atoms with Crippen LogP contribution in [0.3, 0.4) is 0 Å². The molecule has 0 aliphatic rings. The first-order chi connectivity index (χ1) is 10.7. The SMILES string of the molecule is COc1ccc(C)cc1Nc1ncncc1-c1nc(C)no1. The van der Waals surface area contributed by atoms with Gasteiger partial charge in [0.1, 0.15) is 23.5 Å². The molecule has 0 aliphatic heterocycles. The Labute approximate surface area is 127 Å². The molecule has 0 fully saturated rings. The topological polar surface area (TPSA) is 86.0 Å². The Morgan fingerprint density at radius 3 is 2.82 bits per heavy atom. The van der Waals surface area contributed by atoms with Crippen LogP contribution in [0.4, 0.5) is 11.5 Å². The normalized spacial score (nSPS) is 10.5. The molecule has 0 amide bonds. The molecule has 22 heavy (non-hydrogen) atoms. The molecule has 1 N–H and O–H groups in total. The lowest BCUT2D eigenvalue weighted by atomic mass is 10.2. The Morgan fingerprint density at radius 1 is 1.23 bits per heavy atom. The number of nitrogens with zero attached hydrogens (tertiary/aromatic N) is 4. The van der Waals surface area contributed by atoms with Crippen LogP contribution in [0.2, 0.25) is 0 Å². The van der Waals surface area contributed by atoms with Crippen LogP contribution in [0.15, 0.2) is 35.2 Å². The third kappa shape index (κ3) is 2.73. The van der Waals surface area contributed by atoms with Crippen molar-refractivity contribution in [1.29, 1.82) is 0 Å². The minimum atomic E-state index is 0.368. The Morgan fingerprint density at radius 2 is 2.09 bits per heavy atom. The van der Waals surface area contributed by atoms with E-state index in [1.807, 2.05) is 25.1 Å². The highest BCUT2D eigenvalue weighted by Gasteiger charge is 2.15. The molecule has 112 valence electrons. The van der Waals surface area contributed by atoms with Gasteiger partial charge in [-0.05, 0) is 31.5 Å². The fourth-order valence-electron chi connectivity index (χ4n) is 2.04. The van der Waals surface area contributed by atoms with E-state index in [2.05, 4.69) is 25.4 Å². The predicted octanol–water partition coefficient (Wildman–Crippen LogP) is 2.90. The van der Waals surface area contributed by atoms with Gasteiger partial charge in [0.25, 0.3) is 5.89 Å². The Bertz CT molecular complexity index is 800. The van der Waals surface area contributed by atoms with E-state index in [1.165, 1.54) is 6.33 Å². The molecule has 0 saturated heterocycles. The minimum absolute atomic E-state index is 0.368. The summed E-state index contributed by atoms with van der Waals surface area (Å²) in [5.74, 6) is 2.21. The first-order valence-electron chi connectivity index (χ1n) is 6.69. The van der Waals surface area contributed by atoms with E-state index < -0.39 is 0 Å². The van der Waals surface area contributed by atoms with Gasteiger partial charge in [-0.3, -0.25) is 0 Å². The zero-order chi connectivity index (χ0) is 15.5. The first kappa shape index (κ1) is 14.0. The summed E-state index contributed by atoms with van der Waals surface area (Å²) in [7, 11) is 1.62. The summed E-state index contributed by atoms with van der Waals surface area (Å²) in [5, 5.41) is 7.03. The summed E-state index contributed by atoms with van der Waals surface area (Å²) < 4.78 is 10.6. The van der Waals surface area contributed by atoms with Crippen LogP contribution in [-0.2, 0) is 0 Å². The van der Waals surface area contributed by atoms with Gasteiger partial charge in [-0.15, -0.1) is 0 Å². The lowest BCUT2D eigenvalue weighted by Crippen LogP contribution is -2.00. The molecule has 1 aromatic carbocycles. The van der Waals surface area contributed by atoms with E-state index in [9.17, 15) is 0 Å². The first-order valence-corrected chi connectivity index (χ1v) is 6.69. The Balaban J connectivity index is 2.02. The van der Waals surface area contributed by atoms with Crippen molar-refractivity contribution in [1.82, 2.24) is 20.1 Å². The van der Waals surface area contributed by atoms with Gasteiger partial charge in [-0.2, -0.15) is 4.98 Å². The van der Waals surface area contributed by atoms with Crippen molar-refractivity contribution in [3.8, 4) is 17.2 Å². The number of ether oxygens (including phenoxy) is 1. The molecular weight excluding hydrogens is 282 g/mol. The van der Waals surface area contributed by atoms with Gasteiger partial charge in [0, 0.05) is 6.20 Å². The van der Waals surface area contributed by atoms with Gasteiger partial charge in [0.2, 0.25) is 0 Å². The van der Waals surface area contributed by atoms with Crippen LogP contribution < -0.4 is 10.1 Å². The van der Waals surface area contributed by atoms with Crippen molar-refractivity contribution < 1.29 is 9.26 Å². The summed E-state index contributed by atoms with van der Waals surface area (Å²) in [6, 6.07) is 5.85. The van der Waals surface area contributed by atoms with Crippen molar-refractivity contribution >= 4 is 11.5 Å². The number of nitrogens with one attached hydrogen (secondary N) is 1. The smallest absolute Gasteiger partial charge is 0.263 e. The average Bonchev–Trinajstić information content (AvgIpc) is 2.94.